The Hall–Kier alpha value is -0.230. The molecule has 1 unspecified atom stereocenters. The zero-order valence-electron chi connectivity index (χ0n) is 11.2. The van der Waals surface area contributed by atoms with Crippen LogP contribution in [0.1, 0.15) is 32.1 Å². The largest absolute Gasteiger partial charge is 0.393 e. The Kier molecular flexibility index (Phi) is 4.95. The molecule has 2 rings (SSSR count). The standard InChI is InChI=1S/C13H24N2O2S/c1-15(6-2-12(14)18)11-3-7-17-13(10-11)4-8-16-9-5-13/h11H,2-10H2,1H3,(H2,14,18). The van der Waals surface area contributed by atoms with E-state index >= 15 is 0 Å². The summed E-state index contributed by atoms with van der Waals surface area (Å²) in [4.78, 5) is 2.99. The number of ether oxygens (including phenoxy) is 2. The Morgan fingerprint density at radius 2 is 2.11 bits per heavy atom. The topological polar surface area (TPSA) is 47.7 Å². The van der Waals surface area contributed by atoms with Crippen molar-refractivity contribution in [2.24, 2.45) is 5.73 Å². The van der Waals surface area contributed by atoms with Gasteiger partial charge in [0.05, 0.1) is 10.6 Å². The number of hydrogen-bond donors (Lipinski definition) is 1. The highest BCUT2D eigenvalue weighted by Crippen LogP contribution is 2.35. The highest BCUT2D eigenvalue weighted by atomic mass is 32.1. The molecule has 1 spiro atoms. The first-order valence-corrected chi connectivity index (χ1v) is 7.22. The molecule has 0 amide bonds. The molecule has 0 aromatic heterocycles. The van der Waals surface area contributed by atoms with Crippen molar-refractivity contribution >= 4 is 17.2 Å². The fraction of sp³-hybridized carbons (Fsp3) is 0.923. The molecule has 1 atom stereocenters. The lowest BCUT2D eigenvalue weighted by atomic mass is 9.83. The summed E-state index contributed by atoms with van der Waals surface area (Å²) in [5, 5.41) is 0. The number of thiocarbonyl (C=S) groups is 1. The number of hydrogen-bond acceptors (Lipinski definition) is 4. The van der Waals surface area contributed by atoms with Crippen LogP contribution in [-0.2, 0) is 9.47 Å². The van der Waals surface area contributed by atoms with Gasteiger partial charge in [0.1, 0.15) is 0 Å². The lowest BCUT2D eigenvalue weighted by Gasteiger charge is -2.45. The van der Waals surface area contributed by atoms with Crippen LogP contribution in [0.5, 0.6) is 0 Å². The van der Waals surface area contributed by atoms with Crippen LogP contribution in [0, 0.1) is 0 Å². The fourth-order valence-corrected chi connectivity index (χ4v) is 3.03. The average molecular weight is 272 g/mol. The minimum absolute atomic E-state index is 0.0681. The minimum atomic E-state index is 0.0681. The fourth-order valence-electron chi connectivity index (χ4n) is 2.94. The average Bonchev–Trinajstić information content (AvgIpc) is 2.37. The lowest BCUT2D eigenvalue weighted by Crippen LogP contribution is -2.50. The van der Waals surface area contributed by atoms with Crippen molar-refractivity contribution in [3.05, 3.63) is 0 Å². The van der Waals surface area contributed by atoms with E-state index in [1.807, 2.05) is 0 Å². The third kappa shape index (κ3) is 3.63. The second-order valence-electron chi connectivity index (χ2n) is 5.49. The third-order valence-corrected chi connectivity index (χ3v) is 4.41. The van der Waals surface area contributed by atoms with Gasteiger partial charge >= 0.3 is 0 Å². The van der Waals surface area contributed by atoms with Gasteiger partial charge in [0, 0.05) is 38.8 Å². The third-order valence-electron chi connectivity index (χ3n) is 4.21. The molecule has 0 radical (unpaired) electrons. The van der Waals surface area contributed by atoms with Crippen LogP contribution < -0.4 is 5.73 Å². The summed E-state index contributed by atoms with van der Waals surface area (Å²) in [7, 11) is 2.17. The Bertz CT molecular complexity index is 287. The van der Waals surface area contributed by atoms with E-state index in [4.69, 9.17) is 27.4 Å². The van der Waals surface area contributed by atoms with Gasteiger partial charge in [0.25, 0.3) is 0 Å². The summed E-state index contributed by atoms with van der Waals surface area (Å²) in [5.41, 5.74) is 5.64. The van der Waals surface area contributed by atoms with Crippen molar-refractivity contribution in [1.29, 1.82) is 0 Å². The van der Waals surface area contributed by atoms with Gasteiger partial charge in [-0.15, -0.1) is 0 Å². The zero-order chi connectivity index (χ0) is 13.0. The molecule has 0 saturated carbocycles. The summed E-state index contributed by atoms with van der Waals surface area (Å²) in [6, 6.07) is 0.589. The first kappa shape index (κ1) is 14.2. The molecule has 2 heterocycles. The van der Waals surface area contributed by atoms with Gasteiger partial charge in [-0.05, 0) is 32.7 Å². The molecule has 104 valence electrons. The van der Waals surface area contributed by atoms with Crippen molar-refractivity contribution in [3.8, 4) is 0 Å². The van der Waals surface area contributed by atoms with E-state index in [9.17, 15) is 0 Å². The van der Waals surface area contributed by atoms with Crippen LogP contribution in [0.2, 0.25) is 0 Å². The molecule has 2 fully saturated rings. The first-order valence-electron chi connectivity index (χ1n) is 6.82. The quantitative estimate of drug-likeness (QED) is 0.782. The van der Waals surface area contributed by atoms with E-state index in [1.54, 1.807) is 0 Å². The van der Waals surface area contributed by atoms with Crippen LogP contribution in [0.25, 0.3) is 0 Å². The Morgan fingerprint density at radius 1 is 1.39 bits per heavy atom. The van der Waals surface area contributed by atoms with Gasteiger partial charge in [0.2, 0.25) is 0 Å². The Balaban J connectivity index is 1.87. The highest BCUT2D eigenvalue weighted by Gasteiger charge is 2.39. The second-order valence-corrected chi connectivity index (χ2v) is 6.01. The van der Waals surface area contributed by atoms with Crippen molar-refractivity contribution < 1.29 is 9.47 Å². The zero-order valence-corrected chi connectivity index (χ0v) is 12.0. The molecule has 0 aromatic carbocycles. The summed E-state index contributed by atoms with van der Waals surface area (Å²) < 4.78 is 11.5. The highest BCUT2D eigenvalue weighted by molar-refractivity contribution is 7.80. The molecule has 2 aliphatic heterocycles. The van der Waals surface area contributed by atoms with Gasteiger partial charge in [-0.25, -0.2) is 0 Å². The molecule has 18 heavy (non-hydrogen) atoms. The maximum Gasteiger partial charge on any atom is 0.0741 e. The predicted octanol–water partition coefficient (Wildman–Crippen LogP) is 1.32. The molecule has 2 N–H and O–H groups in total. The maximum absolute atomic E-state index is 6.06. The Labute approximate surface area is 115 Å². The molecule has 2 aliphatic rings. The van der Waals surface area contributed by atoms with Crippen LogP contribution >= 0.6 is 12.2 Å². The van der Waals surface area contributed by atoms with Crippen molar-refractivity contribution in [1.82, 2.24) is 4.90 Å². The molecule has 4 nitrogen and oxygen atoms in total. The van der Waals surface area contributed by atoms with Gasteiger partial charge < -0.3 is 20.1 Å². The van der Waals surface area contributed by atoms with E-state index in [1.165, 1.54) is 0 Å². The number of nitrogens with zero attached hydrogens (tertiary/aromatic N) is 1. The molecule has 0 aromatic rings. The van der Waals surface area contributed by atoms with Gasteiger partial charge in [-0.1, -0.05) is 12.2 Å². The van der Waals surface area contributed by atoms with Crippen molar-refractivity contribution in [2.75, 3.05) is 33.4 Å². The molecule has 5 heteroatoms. The summed E-state index contributed by atoms with van der Waals surface area (Å²) in [6.45, 7) is 3.49. The van der Waals surface area contributed by atoms with Crippen LogP contribution in [0.4, 0.5) is 0 Å². The normalized spacial score (nSPS) is 27.6. The number of rotatable bonds is 4. The van der Waals surface area contributed by atoms with Gasteiger partial charge in [-0.3, -0.25) is 0 Å². The minimum Gasteiger partial charge on any atom is -0.393 e. The molecule has 0 aliphatic carbocycles. The summed E-state index contributed by atoms with van der Waals surface area (Å²) in [5.74, 6) is 0. The molecule has 0 bridgehead atoms. The van der Waals surface area contributed by atoms with Gasteiger partial charge in [-0.2, -0.15) is 0 Å². The van der Waals surface area contributed by atoms with E-state index in [0.29, 0.717) is 11.0 Å². The van der Waals surface area contributed by atoms with Crippen LogP contribution in [-0.4, -0.2) is 54.9 Å². The summed E-state index contributed by atoms with van der Waals surface area (Å²) >= 11 is 4.94. The second kappa shape index (κ2) is 6.28. The van der Waals surface area contributed by atoms with Crippen molar-refractivity contribution in [3.63, 3.8) is 0 Å². The van der Waals surface area contributed by atoms with E-state index in [-0.39, 0.29) is 5.60 Å². The maximum atomic E-state index is 6.06. The van der Waals surface area contributed by atoms with E-state index in [2.05, 4.69) is 11.9 Å². The molecular weight excluding hydrogens is 248 g/mol. The SMILES string of the molecule is CN(CCC(N)=S)C1CCOC2(CCOCC2)C1. The predicted molar refractivity (Wildman–Crippen MR) is 75.8 cm³/mol. The lowest BCUT2D eigenvalue weighted by molar-refractivity contribution is -0.149. The van der Waals surface area contributed by atoms with Crippen LogP contribution in [0.3, 0.4) is 0 Å². The van der Waals surface area contributed by atoms with Crippen LogP contribution in [0.15, 0.2) is 0 Å². The van der Waals surface area contributed by atoms with Crippen molar-refractivity contribution in [2.45, 2.75) is 43.7 Å². The smallest absolute Gasteiger partial charge is 0.0741 e. The number of nitrogens with two attached hydrogens (primary N) is 1. The Morgan fingerprint density at radius 3 is 2.78 bits per heavy atom. The molecular formula is C13H24N2O2S. The first-order chi connectivity index (χ1) is 8.61. The van der Waals surface area contributed by atoms with Gasteiger partial charge in [0.15, 0.2) is 0 Å². The summed E-state index contributed by atoms with van der Waals surface area (Å²) in [6.07, 6.45) is 5.10. The monoisotopic (exact) mass is 272 g/mol. The molecule has 2 saturated heterocycles. The van der Waals surface area contributed by atoms with E-state index < -0.39 is 0 Å². The van der Waals surface area contributed by atoms with E-state index in [0.717, 1.165) is 58.5 Å².